The number of nitrogen functional groups attached to an aromatic ring is 1. The molecule has 2 aromatic carbocycles. The highest BCUT2D eigenvalue weighted by Gasteiger charge is 2.40. The van der Waals surface area contributed by atoms with Gasteiger partial charge in [-0.05, 0) is 67.4 Å². The van der Waals surface area contributed by atoms with Crippen LogP contribution in [0.4, 0.5) is 11.4 Å². The minimum atomic E-state index is -0.704. The number of nitrogens with two attached hydrogens (primary N) is 1. The molecular formula is C28H24N4O5. The van der Waals surface area contributed by atoms with E-state index in [2.05, 4.69) is 10.6 Å². The zero-order valence-electron chi connectivity index (χ0n) is 19.8. The van der Waals surface area contributed by atoms with Crippen molar-refractivity contribution < 1.29 is 23.2 Å². The molecule has 9 heteroatoms. The Balaban J connectivity index is 1.18. The average Bonchev–Trinajstić information content (AvgIpc) is 3.62. The van der Waals surface area contributed by atoms with Crippen molar-refractivity contribution in [1.82, 2.24) is 10.2 Å². The number of piperidine rings is 1. The molecule has 2 aliphatic rings. The Kier molecular flexibility index (Phi) is 5.52. The van der Waals surface area contributed by atoms with Gasteiger partial charge in [-0.1, -0.05) is 6.07 Å². The first-order valence-corrected chi connectivity index (χ1v) is 12.0. The molecular weight excluding hydrogens is 472 g/mol. The number of benzene rings is 2. The molecule has 1 fully saturated rings. The topological polar surface area (TPSA) is 131 Å². The maximum atomic E-state index is 13.5. The van der Waals surface area contributed by atoms with E-state index in [4.69, 9.17) is 14.6 Å². The molecule has 4 heterocycles. The lowest BCUT2D eigenvalue weighted by molar-refractivity contribution is -0.121. The zero-order chi connectivity index (χ0) is 25.5. The first kappa shape index (κ1) is 22.7. The van der Waals surface area contributed by atoms with E-state index in [0.717, 1.165) is 11.1 Å². The molecule has 6 rings (SSSR count). The summed E-state index contributed by atoms with van der Waals surface area (Å²) in [5.41, 5.74) is 9.25. The van der Waals surface area contributed by atoms with Gasteiger partial charge in [-0.15, -0.1) is 0 Å². The number of hydrogen-bond acceptors (Lipinski definition) is 6. The largest absolute Gasteiger partial charge is 0.464 e. The van der Waals surface area contributed by atoms with Gasteiger partial charge >= 0.3 is 0 Å². The smallest absolute Gasteiger partial charge is 0.256 e. The molecule has 2 atom stereocenters. The predicted octanol–water partition coefficient (Wildman–Crippen LogP) is 4.14. The Morgan fingerprint density at radius 3 is 2.35 bits per heavy atom. The van der Waals surface area contributed by atoms with Crippen LogP contribution in [0.1, 0.15) is 33.6 Å². The molecule has 3 amide bonds. The van der Waals surface area contributed by atoms with Crippen LogP contribution in [0, 0.1) is 0 Å². The van der Waals surface area contributed by atoms with Crippen LogP contribution in [0.25, 0.3) is 22.6 Å². The number of rotatable bonds is 4. The Bertz CT molecular complexity index is 1490. The summed E-state index contributed by atoms with van der Waals surface area (Å²) in [6, 6.07) is 16.6. The number of amides is 3. The molecule has 4 aromatic rings. The summed E-state index contributed by atoms with van der Waals surface area (Å²) in [4.78, 5) is 41.2. The molecule has 9 nitrogen and oxygen atoms in total. The van der Waals surface area contributed by atoms with E-state index in [0.29, 0.717) is 53.4 Å². The summed E-state index contributed by atoms with van der Waals surface area (Å²) in [5, 5.41) is 5.88. The number of anilines is 2. The molecule has 0 spiro atoms. The van der Waals surface area contributed by atoms with Crippen molar-refractivity contribution in [2.75, 3.05) is 17.6 Å². The predicted molar refractivity (Wildman–Crippen MR) is 137 cm³/mol. The molecule has 1 saturated heterocycles. The Hall–Kier alpha value is -4.79. The number of carbonyl (C=O) groups excluding carboxylic acids is 3. The number of carbonyl (C=O) groups is 3. The van der Waals surface area contributed by atoms with Crippen molar-refractivity contribution in [2.45, 2.75) is 24.9 Å². The van der Waals surface area contributed by atoms with Gasteiger partial charge < -0.3 is 30.1 Å². The second kappa shape index (κ2) is 9.02. The Morgan fingerprint density at radius 1 is 0.973 bits per heavy atom. The van der Waals surface area contributed by atoms with E-state index in [1.54, 1.807) is 66.0 Å². The lowest BCUT2D eigenvalue weighted by atomic mass is 9.95. The summed E-state index contributed by atoms with van der Waals surface area (Å²) >= 11 is 0. The van der Waals surface area contributed by atoms with E-state index < -0.39 is 6.04 Å². The van der Waals surface area contributed by atoms with E-state index in [1.807, 2.05) is 12.1 Å². The van der Waals surface area contributed by atoms with E-state index in [1.165, 1.54) is 0 Å². The van der Waals surface area contributed by atoms with Crippen LogP contribution in [0.5, 0.6) is 0 Å². The number of furan rings is 2. The summed E-state index contributed by atoms with van der Waals surface area (Å²) in [5.74, 6) is 0.468. The van der Waals surface area contributed by atoms with E-state index >= 15 is 0 Å². The molecule has 0 saturated carbocycles. The van der Waals surface area contributed by atoms with E-state index in [-0.39, 0.29) is 23.8 Å². The number of nitrogens with zero attached hydrogens (tertiary/aromatic N) is 1. The molecule has 37 heavy (non-hydrogen) atoms. The molecule has 2 aromatic heterocycles. The minimum absolute atomic E-state index is 0.228. The lowest BCUT2D eigenvalue weighted by Crippen LogP contribution is -2.55. The van der Waals surface area contributed by atoms with Crippen LogP contribution < -0.4 is 16.4 Å². The van der Waals surface area contributed by atoms with Gasteiger partial charge in [0.25, 0.3) is 11.8 Å². The molecule has 0 aliphatic carbocycles. The van der Waals surface area contributed by atoms with Crippen LogP contribution in [0.2, 0.25) is 0 Å². The average molecular weight is 497 g/mol. The van der Waals surface area contributed by atoms with Crippen LogP contribution in [-0.4, -0.2) is 41.2 Å². The Morgan fingerprint density at radius 2 is 1.68 bits per heavy atom. The van der Waals surface area contributed by atoms with Gasteiger partial charge in [0.1, 0.15) is 17.6 Å². The standard InChI is InChI=1S/C28H24N4O5/c29-21-14-17(25-4-2-12-37-25)5-7-19(21)26(33)30-18-9-10-32-23(15-18)27(34)31-22-8-6-16(13-20(22)28(32)35)24-3-1-11-36-24/h1-8,11-14,18,23H,9-10,15,29H2,(H,30,33)(H,31,34). The zero-order valence-corrected chi connectivity index (χ0v) is 19.8. The molecule has 4 N–H and O–H groups in total. The van der Waals surface area contributed by atoms with Crippen molar-refractivity contribution in [2.24, 2.45) is 0 Å². The van der Waals surface area contributed by atoms with Crippen molar-refractivity contribution >= 4 is 29.1 Å². The van der Waals surface area contributed by atoms with Crippen molar-refractivity contribution in [3.8, 4) is 22.6 Å². The second-order valence-electron chi connectivity index (χ2n) is 9.22. The summed E-state index contributed by atoms with van der Waals surface area (Å²) in [7, 11) is 0. The SMILES string of the molecule is Nc1cc(-c2ccco2)ccc1C(=O)NC1CCN2C(=O)c3cc(-c4ccco4)ccc3NC(=O)C2C1. The number of fused-ring (bicyclic) bond motifs is 2. The maximum Gasteiger partial charge on any atom is 0.256 e. The summed E-state index contributed by atoms with van der Waals surface area (Å²) in [6.45, 7) is 0.333. The van der Waals surface area contributed by atoms with Gasteiger partial charge in [-0.3, -0.25) is 14.4 Å². The van der Waals surface area contributed by atoms with Gasteiger partial charge in [0, 0.05) is 29.4 Å². The minimum Gasteiger partial charge on any atom is -0.464 e. The van der Waals surface area contributed by atoms with Crippen molar-refractivity contribution in [1.29, 1.82) is 0 Å². The molecule has 186 valence electrons. The van der Waals surface area contributed by atoms with Gasteiger partial charge in [-0.2, -0.15) is 0 Å². The van der Waals surface area contributed by atoms with E-state index in [9.17, 15) is 14.4 Å². The van der Waals surface area contributed by atoms with Crippen LogP contribution in [0.3, 0.4) is 0 Å². The second-order valence-corrected chi connectivity index (χ2v) is 9.22. The fourth-order valence-electron chi connectivity index (χ4n) is 5.01. The fraction of sp³-hybridized carbons (Fsp3) is 0.179. The number of hydrogen-bond donors (Lipinski definition) is 3. The van der Waals surface area contributed by atoms with Gasteiger partial charge in [-0.25, -0.2) is 0 Å². The lowest BCUT2D eigenvalue weighted by Gasteiger charge is -2.37. The van der Waals surface area contributed by atoms with Crippen LogP contribution >= 0.6 is 0 Å². The first-order chi connectivity index (χ1) is 18.0. The molecule has 2 unspecified atom stereocenters. The van der Waals surface area contributed by atoms with Crippen molar-refractivity contribution in [3.63, 3.8) is 0 Å². The van der Waals surface area contributed by atoms with Crippen LogP contribution in [-0.2, 0) is 4.79 Å². The maximum absolute atomic E-state index is 13.5. The third-order valence-corrected chi connectivity index (χ3v) is 6.92. The monoisotopic (exact) mass is 496 g/mol. The molecule has 2 aliphatic heterocycles. The highest BCUT2D eigenvalue weighted by atomic mass is 16.3. The van der Waals surface area contributed by atoms with Gasteiger partial charge in [0.05, 0.1) is 29.3 Å². The van der Waals surface area contributed by atoms with Crippen LogP contribution in [0.15, 0.2) is 82.0 Å². The highest BCUT2D eigenvalue weighted by Crippen LogP contribution is 2.32. The van der Waals surface area contributed by atoms with Crippen molar-refractivity contribution in [3.05, 3.63) is 84.3 Å². The molecule has 0 bridgehead atoms. The third-order valence-electron chi connectivity index (χ3n) is 6.92. The normalized spacial score (nSPS) is 19.0. The van der Waals surface area contributed by atoms with Gasteiger partial charge in [0.2, 0.25) is 5.91 Å². The van der Waals surface area contributed by atoms with Gasteiger partial charge in [0.15, 0.2) is 0 Å². The quantitative estimate of drug-likeness (QED) is 0.364. The third kappa shape index (κ3) is 4.14. The Labute approximate surface area is 212 Å². The first-order valence-electron chi connectivity index (χ1n) is 12.0. The molecule has 0 radical (unpaired) electrons. The number of nitrogens with one attached hydrogen (secondary N) is 2. The summed E-state index contributed by atoms with van der Waals surface area (Å²) in [6.07, 6.45) is 3.95. The fourth-order valence-corrected chi connectivity index (χ4v) is 5.01. The summed E-state index contributed by atoms with van der Waals surface area (Å²) < 4.78 is 10.9. The highest BCUT2D eigenvalue weighted by molar-refractivity contribution is 6.10.